The van der Waals surface area contributed by atoms with Gasteiger partial charge in [-0.15, -0.1) is 0 Å². The summed E-state index contributed by atoms with van der Waals surface area (Å²) in [5, 5.41) is 7.57. The monoisotopic (exact) mass is 213 g/mol. The minimum atomic E-state index is 0.564. The highest BCUT2D eigenvalue weighted by atomic mass is 32.1. The Balaban J connectivity index is 1.66. The van der Waals surface area contributed by atoms with Crippen LogP contribution in [0, 0.1) is 0 Å². The van der Waals surface area contributed by atoms with Crippen molar-refractivity contribution in [1.82, 2.24) is 15.5 Å². The molecule has 4 heteroatoms. The molecule has 1 aliphatic heterocycles. The SMILES string of the molecule is CCN1CCC(NC(=S)NC2CC2)C1. The smallest absolute Gasteiger partial charge is 0.166 e. The molecule has 2 aliphatic rings. The molecule has 80 valence electrons. The van der Waals surface area contributed by atoms with Crippen LogP contribution in [-0.4, -0.2) is 41.7 Å². The maximum Gasteiger partial charge on any atom is 0.166 e. The molecule has 0 aromatic rings. The van der Waals surface area contributed by atoms with E-state index in [0.29, 0.717) is 12.1 Å². The summed E-state index contributed by atoms with van der Waals surface area (Å²) in [6.07, 6.45) is 3.79. The minimum absolute atomic E-state index is 0.564. The predicted molar refractivity (Wildman–Crippen MR) is 62.4 cm³/mol. The molecule has 1 heterocycles. The zero-order valence-corrected chi connectivity index (χ0v) is 9.57. The average Bonchev–Trinajstić information content (AvgIpc) is 2.83. The molecule has 1 atom stereocenters. The Morgan fingerprint density at radius 2 is 2.00 bits per heavy atom. The fourth-order valence-electron chi connectivity index (χ4n) is 1.88. The number of thiocarbonyl (C=S) groups is 1. The summed E-state index contributed by atoms with van der Waals surface area (Å²) in [6, 6.07) is 1.23. The van der Waals surface area contributed by atoms with E-state index in [1.807, 2.05) is 0 Å². The number of likely N-dealkylation sites (N-methyl/N-ethyl adjacent to an activating group) is 1. The molecule has 0 radical (unpaired) electrons. The zero-order chi connectivity index (χ0) is 9.97. The molecule has 1 saturated heterocycles. The predicted octanol–water partition coefficient (Wildman–Crippen LogP) is 0.707. The molecule has 2 rings (SSSR count). The Hall–Kier alpha value is -0.350. The molecule has 2 N–H and O–H groups in total. The normalized spacial score (nSPS) is 27.6. The van der Waals surface area contributed by atoms with Gasteiger partial charge in [-0.25, -0.2) is 0 Å². The van der Waals surface area contributed by atoms with Gasteiger partial charge in [0.05, 0.1) is 0 Å². The number of nitrogens with zero attached hydrogens (tertiary/aromatic N) is 1. The van der Waals surface area contributed by atoms with Crippen molar-refractivity contribution in [2.24, 2.45) is 0 Å². The quantitative estimate of drug-likeness (QED) is 0.675. The summed E-state index contributed by atoms with van der Waals surface area (Å²) in [6.45, 7) is 5.72. The van der Waals surface area contributed by atoms with Gasteiger partial charge in [0.15, 0.2) is 5.11 Å². The summed E-state index contributed by atoms with van der Waals surface area (Å²) >= 11 is 5.24. The van der Waals surface area contributed by atoms with Crippen LogP contribution in [0.1, 0.15) is 26.2 Å². The van der Waals surface area contributed by atoms with E-state index in [1.165, 1.54) is 25.8 Å². The first kappa shape index (κ1) is 10.2. The first-order valence-corrected chi connectivity index (χ1v) is 5.98. The Morgan fingerprint density at radius 1 is 1.29 bits per heavy atom. The van der Waals surface area contributed by atoms with Crippen molar-refractivity contribution in [2.45, 2.75) is 38.3 Å². The third-order valence-electron chi connectivity index (χ3n) is 2.97. The lowest BCUT2D eigenvalue weighted by molar-refractivity contribution is 0.351. The van der Waals surface area contributed by atoms with Gasteiger partial charge in [-0.3, -0.25) is 0 Å². The molecule has 1 unspecified atom stereocenters. The van der Waals surface area contributed by atoms with Crippen LogP contribution in [0.15, 0.2) is 0 Å². The van der Waals surface area contributed by atoms with Crippen molar-refractivity contribution in [1.29, 1.82) is 0 Å². The molecular weight excluding hydrogens is 194 g/mol. The Labute approximate surface area is 91.2 Å². The number of rotatable bonds is 3. The fourth-order valence-corrected chi connectivity index (χ4v) is 2.21. The van der Waals surface area contributed by atoms with E-state index in [9.17, 15) is 0 Å². The second-order valence-corrected chi connectivity index (χ2v) is 4.68. The minimum Gasteiger partial charge on any atom is -0.360 e. The molecule has 0 aromatic heterocycles. The van der Waals surface area contributed by atoms with Crippen LogP contribution in [0.2, 0.25) is 0 Å². The molecule has 2 fully saturated rings. The van der Waals surface area contributed by atoms with Gasteiger partial charge in [0, 0.05) is 25.2 Å². The molecule has 1 aliphatic carbocycles. The standard InChI is InChI=1S/C10H19N3S/c1-2-13-6-5-9(7-13)12-10(14)11-8-3-4-8/h8-9H,2-7H2,1H3,(H2,11,12,14). The summed E-state index contributed by atoms with van der Waals surface area (Å²) < 4.78 is 0. The van der Waals surface area contributed by atoms with Gasteiger partial charge in [0.25, 0.3) is 0 Å². The van der Waals surface area contributed by atoms with Crippen LogP contribution < -0.4 is 10.6 Å². The number of hydrogen-bond acceptors (Lipinski definition) is 2. The van der Waals surface area contributed by atoms with Gasteiger partial charge in [0.1, 0.15) is 0 Å². The topological polar surface area (TPSA) is 27.3 Å². The molecule has 0 amide bonds. The maximum absolute atomic E-state index is 5.24. The number of hydrogen-bond donors (Lipinski definition) is 2. The molecule has 14 heavy (non-hydrogen) atoms. The van der Waals surface area contributed by atoms with E-state index in [0.717, 1.165) is 18.2 Å². The number of nitrogens with one attached hydrogen (secondary N) is 2. The second-order valence-electron chi connectivity index (χ2n) is 4.27. The highest BCUT2D eigenvalue weighted by molar-refractivity contribution is 7.80. The molecule has 0 aromatic carbocycles. The van der Waals surface area contributed by atoms with Crippen molar-refractivity contribution in [2.75, 3.05) is 19.6 Å². The van der Waals surface area contributed by atoms with Gasteiger partial charge < -0.3 is 15.5 Å². The van der Waals surface area contributed by atoms with Crippen LogP contribution in [0.3, 0.4) is 0 Å². The van der Waals surface area contributed by atoms with Crippen molar-refractivity contribution in [3.05, 3.63) is 0 Å². The van der Waals surface area contributed by atoms with E-state index >= 15 is 0 Å². The van der Waals surface area contributed by atoms with Gasteiger partial charge >= 0.3 is 0 Å². The van der Waals surface area contributed by atoms with Crippen molar-refractivity contribution >= 4 is 17.3 Å². The summed E-state index contributed by atoms with van der Waals surface area (Å²) in [5.74, 6) is 0. The van der Waals surface area contributed by atoms with Crippen molar-refractivity contribution < 1.29 is 0 Å². The Bertz CT molecular complexity index is 215. The Kier molecular flexibility index (Phi) is 3.23. The van der Waals surface area contributed by atoms with Crippen LogP contribution in [0.25, 0.3) is 0 Å². The fraction of sp³-hybridized carbons (Fsp3) is 0.900. The zero-order valence-electron chi connectivity index (χ0n) is 8.75. The third kappa shape index (κ3) is 2.82. The van der Waals surface area contributed by atoms with Crippen LogP contribution >= 0.6 is 12.2 Å². The summed E-state index contributed by atoms with van der Waals surface area (Å²) in [4.78, 5) is 2.46. The molecule has 1 saturated carbocycles. The number of likely N-dealkylation sites (tertiary alicyclic amines) is 1. The first-order valence-electron chi connectivity index (χ1n) is 5.57. The van der Waals surface area contributed by atoms with E-state index < -0.39 is 0 Å². The van der Waals surface area contributed by atoms with E-state index in [4.69, 9.17) is 12.2 Å². The van der Waals surface area contributed by atoms with Crippen LogP contribution in [-0.2, 0) is 0 Å². The lowest BCUT2D eigenvalue weighted by Crippen LogP contribution is -2.43. The average molecular weight is 213 g/mol. The van der Waals surface area contributed by atoms with Crippen LogP contribution in [0.4, 0.5) is 0 Å². The van der Waals surface area contributed by atoms with Gasteiger partial charge in [0.2, 0.25) is 0 Å². The molecule has 0 bridgehead atoms. The molecule has 3 nitrogen and oxygen atoms in total. The van der Waals surface area contributed by atoms with Crippen molar-refractivity contribution in [3.8, 4) is 0 Å². The lowest BCUT2D eigenvalue weighted by Gasteiger charge is -2.16. The van der Waals surface area contributed by atoms with Gasteiger partial charge in [-0.1, -0.05) is 6.92 Å². The van der Waals surface area contributed by atoms with Gasteiger partial charge in [-0.2, -0.15) is 0 Å². The van der Waals surface area contributed by atoms with Crippen molar-refractivity contribution in [3.63, 3.8) is 0 Å². The van der Waals surface area contributed by atoms with Gasteiger partial charge in [-0.05, 0) is 38.0 Å². The van der Waals surface area contributed by atoms with E-state index in [-0.39, 0.29) is 0 Å². The highest BCUT2D eigenvalue weighted by Crippen LogP contribution is 2.18. The van der Waals surface area contributed by atoms with E-state index in [1.54, 1.807) is 0 Å². The second kappa shape index (κ2) is 4.45. The molecular formula is C10H19N3S. The maximum atomic E-state index is 5.24. The molecule has 0 spiro atoms. The first-order chi connectivity index (χ1) is 6.78. The largest absolute Gasteiger partial charge is 0.360 e. The lowest BCUT2D eigenvalue weighted by atomic mass is 10.3. The third-order valence-corrected chi connectivity index (χ3v) is 3.20. The Morgan fingerprint density at radius 3 is 2.57 bits per heavy atom. The summed E-state index contributed by atoms with van der Waals surface area (Å²) in [5.41, 5.74) is 0. The van der Waals surface area contributed by atoms with E-state index in [2.05, 4.69) is 22.5 Å². The summed E-state index contributed by atoms with van der Waals surface area (Å²) in [7, 11) is 0. The van der Waals surface area contributed by atoms with Crippen LogP contribution in [0.5, 0.6) is 0 Å². The highest BCUT2D eigenvalue weighted by Gasteiger charge is 2.25.